The van der Waals surface area contributed by atoms with Crippen LogP contribution in [0.5, 0.6) is 0 Å². The zero-order chi connectivity index (χ0) is 47.3. The number of nitrogens with zero attached hydrogens (tertiary/aromatic N) is 7. The average molecular weight is 924 g/mol. The van der Waals surface area contributed by atoms with Crippen molar-refractivity contribution in [2.75, 3.05) is 60.7 Å². The van der Waals surface area contributed by atoms with E-state index < -0.39 is 29.5 Å². The fraction of sp³-hybridized carbons (Fsp3) is 0.560. The van der Waals surface area contributed by atoms with Crippen molar-refractivity contribution in [1.82, 2.24) is 45.0 Å². The molecule has 4 aromatic rings. The Morgan fingerprint density at radius 1 is 1.14 bits per heavy atom. The van der Waals surface area contributed by atoms with Crippen molar-refractivity contribution in [3.63, 3.8) is 0 Å². The van der Waals surface area contributed by atoms with Crippen molar-refractivity contribution in [2.45, 2.75) is 104 Å². The van der Waals surface area contributed by atoms with E-state index in [1.54, 1.807) is 18.2 Å². The van der Waals surface area contributed by atoms with Crippen LogP contribution in [0.4, 0.5) is 0 Å². The number of benzene rings is 1. The maximum Gasteiger partial charge on any atom is 0.324 e. The Morgan fingerprint density at radius 2 is 1.91 bits per heavy atom. The monoisotopic (exact) mass is 924 g/mol. The number of methoxy groups -OCH3 is 1. The van der Waals surface area contributed by atoms with Gasteiger partial charge in [-0.25, -0.2) is 10.4 Å². The minimum Gasteiger partial charge on any atom is -0.464 e. The summed E-state index contributed by atoms with van der Waals surface area (Å²) in [4.78, 5) is 71.2. The number of piperidine rings is 1. The van der Waals surface area contributed by atoms with Crippen LogP contribution in [-0.2, 0) is 54.6 Å². The van der Waals surface area contributed by atoms with E-state index in [9.17, 15) is 19.2 Å². The number of aromatic nitrogens is 3. The molecule has 2 fully saturated rings. The van der Waals surface area contributed by atoms with Gasteiger partial charge in [0.15, 0.2) is 0 Å². The van der Waals surface area contributed by atoms with Gasteiger partial charge in [0.25, 0.3) is 5.91 Å². The number of ether oxygens (including phenoxy) is 2. The molecule has 6 bridgehead atoms. The fourth-order valence-corrected chi connectivity index (χ4v) is 10.9. The number of cyclic esters (lactones) is 1. The highest BCUT2D eigenvalue weighted by Gasteiger charge is 2.38. The Hall–Kier alpha value is -5.00. The molecule has 1 unspecified atom stereocenters. The maximum atomic E-state index is 14.7. The molecular weight excluding hydrogens is 855 g/mol. The Kier molecular flexibility index (Phi) is 15.8. The molecule has 3 atom stereocenters. The molecule has 3 aliphatic heterocycles. The van der Waals surface area contributed by atoms with Crippen LogP contribution in [-0.4, -0.2) is 137 Å². The lowest BCUT2D eigenvalue weighted by Crippen LogP contribution is -2.62. The van der Waals surface area contributed by atoms with Crippen molar-refractivity contribution >= 4 is 45.9 Å². The van der Waals surface area contributed by atoms with E-state index in [1.807, 2.05) is 39.4 Å². The Morgan fingerprint density at radius 3 is 2.62 bits per heavy atom. The zero-order valence-corrected chi connectivity index (χ0v) is 40.9. The smallest absolute Gasteiger partial charge is 0.324 e. The summed E-state index contributed by atoms with van der Waals surface area (Å²) in [6.45, 7) is 18.6. The van der Waals surface area contributed by atoms with Crippen LogP contribution in [0.1, 0.15) is 76.6 Å². The second-order valence-corrected chi connectivity index (χ2v) is 20.4. The van der Waals surface area contributed by atoms with E-state index in [0.29, 0.717) is 56.6 Å². The lowest BCUT2D eigenvalue weighted by atomic mass is 9.84. The standard InChI is InChI=1S/C50H69N9O6S/c1-10-44(60)55(7)27-33-18-22-57(23-19-33)31-56(8)45(32(3)4)47(61)53-39-25-43-52-41(29-66-43)34-16-17-42-36(24-34)37(46(58(42)11-2)35-14-12-20-51-40(35)28-64-9)26-50(5,6)30-65-49(63)38-15-13-21-59(54-38)48(39)62/h10,12,14,16-17,20,24,29,32-33,38-39,45,54H,1,11,13,15,18-19,21-23,25-28,30-31H2,2-9H3,(H,53,61)/t38-,39-,45?/m0/s1. The summed E-state index contributed by atoms with van der Waals surface area (Å²) in [5.74, 6) is -0.705. The summed E-state index contributed by atoms with van der Waals surface area (Å²) in [5.41, 5.74) is 9.57. The number of carbonyl (C=O) groups is 4. The van der Waals surface area contributed by atoms with Gasteiger partial charge in [-0.15, -0.1) is 11.3 Å². The largest absolute Gasteiger partial charge is 0.464 e. The first kappa shape index (κ1) is 48.9. The van der Waals surface area contributed by atoms with Crippen molar-refractivity contribution in [3.05, 3.63) is 70.8 Å². The van der Waals surface area contributed by atoms with E-state index in [2.05, 4.69) is 76.7 Å². The number of hydrogen-bond donors (Lipinski definition) is 2. The van der Waals surface area contributed by atoms with Crippen molar-refractivity contribution in [3.8, 4) is 22.5 Å². The second kappa shape index (κ2) is 21.3. The summed E-state index contributed by atoms with van der Waals surface area (Å²) in [6, 6.07) is 8.31. The molecule has 3 amide bonds. The van der Waals surface area contributed by atoms with Gasteiger partial charge < -0.3 is 24.3 Å². The third-order valence-electron chi connectivity index (χ3n) is 13.3. The minimum atomic E-state index is -0.951. The Bertz CT molecular complexity index is 2390. The summed E-state index contributed by atoms with van der Waals surface area (Å²) >= 11 is 1.47. The van der Waals surface area contributed by atoms with Gasteiger partial charge in [0.1, 0.15) is 12.1 Å². The molecule has 15 nitrogen and oxygen atoms in total. The molecule has 0 spiro atoms. The van der Waals surface area contributed by atoms with Gasteiger partial charge in [-0.1, -0.05) is 40.3 Å². The van der Waals surface area contributed by atoms with Gasteiger partial charge in [-0.3, -0.25) is 39.0 Å². The summed E-state index contributed by atoms with van der Waals surface area (Å²) < 4.78 is 14.1. The molecule has 16 heteroatoms. The number of thiazole rings is 1. The van der Waals surface area contributed by atoms with Crippen LogP contribution in [0.15, 0.2) is 54.6 Å². The maximum absolute atomic E-state index is 14.7. The van der Waals surface area contributed by atoms with E-state index in [-0.39, 0.29) is 36.7 Å². The summed E-state index contributed by atoms with van der Waals surface area (Å²) in [5, 5.41) is 8.49. The zero-order valence-electron chi connectivity index (χ0n) is 40.1. The number of esters is 1. The molecule has 2 saturated heterocycles. The van der Waals surface area contributed by atoms with Crippen molar-refractivity contribution in [2.24, 2.45) is 17.3 Å². The van der Waals surface area contributed by atoms with Gasteiger partial charge in [-0.05, 0) is 107 Å². The molecule has 66 heavy (non-hydrogen) atoms. The molecule has 3 aliphatic rings. The quantitative estimate of drug-likeness (QED) is 0.122. The van der Waals surface area contributed by atoms with E-state index in [1.165, 1.54) is 22.4 Å². The molecule has 7 rings (SSSR count). The van der Waals surface area contributed by atoms with E-state index >= 15 is 0 Å². The molecule has 356 valence electrons. The van der Waals surface area contributed by atoms with Gasteiger partial charge >= 0.3 is 5.97 Å². The first-order chi connectivity index (χ1) is 31.6. The van der Waals surface area contributed by atoms with Crippen LogP contribution >= 0.6 is 11.3 Å². The lowest BCUT2D eigenvalue weighted by Gasteiger charge is -2.39. The molecule has 6 heterocycles. The summed E-state index contributed by atoms with van der Waals surface area (Å²) in [6.07, 6.45) is 6.93. The third kappa shape index (κ3) is 11.1. The SMILES string of the molecule is C=CC(=O)N(C)CC1CCN(CN(C)C(C(=O)N[C@H]2Cc3nc(cs3)-c3ccc4c(c3)c(c(-c3cccnc3COC)n4CC)CC(C)(C)COC(=O)[C@@H]3CCCN(N3)C2=O)C(C)C)CC1. The molecule has 0 radical (unpaired) electrons. The van der Waals surface area contributed by atoms with Gasteiger partial charge in [-0.2, -0.15) is 0 Å². The van der Waals surface area contributed by atoms with E-state index in [0.717, 1.165) is 77.2 Å². The first-order valence-electron chi connectivity index (χ1n) is 23.5. The van der Waals surface area contributed by atoms with Gasteiger partial charge in [0, 0.05) is 79.2 Å². The number of hydrogen-bond acceptors (Lipinski definition) is 12. The molecular formula is C50H69N9O6S. The highest BCUT2D eigenvalue weighted by atomic mass is 32.1. The van der Waals surface area contributed by atoms with Crippen molar-refractivity contribution < 1.29 is 28.7 Å². The number of likely N-dealkylation sites (N-methyl/N-ethyl adjacent to an activating group) is 2. The Labute approximate surface area is 393 Å². The molecule has 1 aromatic carbocycles. The van der Waals surface area contributed by atoms with Crippen LogP contribution in [0.2, 0.25) is 0 Å². The van der Waals surface area contributed by atoms with Gasteiger partial charge in [0.05, 0.1) is 48.0 Å². The molecule has 2 N–H and O–H groups in total. The number of pyridine rings is 1. The van der Waals surface area contributed by atoms with E-state index in [4.69, 9.17) is 19.4 Å². The fourth-order valence-electron chi connectivity index (χ4n) is 10.0. The predicted molar refractivity (Wildman–Crippen MR) is 258 cm³/mol. The number of aryl methyl sites for hydroxylation is 1. The molecule has 0 saturated carbocycles. The number of amides is 3. The molecule has 0 aliphatic carbocycles. The second-order valence-electron chi connectivity index (χ2n) is 19.5. The molecule has 3 aromatic heterocycles. The number of fused-ring (bicyclic) bond motifs is 6. The van der Waals surface area contributed by atoms with Crippen molar-refractivity contribution in [1.29, 1.82) is 0 Å². The Balaban J connectivity index is 1.19. The summed E-state index contributed by atoms with van der Waals surface area (Å²) in [7, 11) is 5.46. The minimum absolute atomic E-state index is 0.0592. The number of hydrazine groups is 1. The van der Waals surface area contributed by atoms with Crippen LogP contribution < -0.4 is 10.7 Å². The third-order valence-corrected chi connectivity index (χ3v) is 14.2. The topological polar surface area (TPSA) is 154 Å². The van der Waals surface area contributed by atoms with Gasteiger partial charge in [0.2, 0.25) is 11.8 Å². The first-order valence-corrected chi connectivity index (χ1v) is 24.4. The van der Waals surface area contributed by atoms with Crippen LogP contribution in [0.3, 0.4) is 0 Å². The average Bonchev–Trinajstić information content (AvgIpc) is 3.89. The van der Waals surface area contributed by atoms with Crippen LogP contribution in [0.25, 0.3) is 33.4 Å². The van der Waals surface area contributed by atoms with Crippen LogP contribution in [0, 0.1) is 17.3 Å². The lowest BCUT2D eigenvalue weighted by molar-refractivity contribution is -0.155. The highest BCUT2D eigenvalue weighted by molar-refractivity contribution is 7.10. The number of likely N-dealkylation sites (tertiary alicyclic amines) is 1. The number of rotatable bonds is 13. The predicted octanol–water partition coefficient (Wildman–Crippen LogP) is 5.91. The normalized spacial score (nSPS) is 20.3. The number of carbonyl (C=O) groups excluding carboxylic acids is 4. The number of nitrogens with one attached hydrogen (secondary N) is 2. The highest BCUT2D eigenvalue weighted by Crippen LogP contribution is 2.41.